The minimum absolute atomic E-state index is 0.114. The zero-order valence-corrected chi connectivity index (χ0v) is 9.07. The minimum atomic E-state index is -3.65. The molecule has 0 bridgehead atoms. The Labute approximate surface area is 77.0 Å². The number of hydrogen-bond acceptors (Lipinski definition) is 4. The standard InChI is InChI=1S/C4H9N2O3PS2/c1-12(2)5-3-4(6-12)9-10(7,8)11/h3H,1-2H3,(H2,7,8,11). The molecule has 5 nitrogen and oxygen atoms in total. The van der Waals surface area contributed by atoms with E-state index < -0.39 is 17.1 Å². The maximum absolute atomic E-state index is 8.77. The van der Waals surface area contributed by atoms with Gasteiger partial charge in [0.2, 0.25) is 5.90 Å². The van der Waals surface area contributed by atoms with Gasteiger partial charge in [-0.2, -0.15) is 4.40 Å². The molecular formula is C4H9N2O3PS2. The van der Waals surface area contributed by atoms with Crippen molar-refractivity contribution in [3.63, 3.8) is 0 Å². The highest BCUT2D eigenvalue weighted by Crippen LogP contribution is 2.47. The lowest BCUT2D eigenvalue weighted by Crippen LogP contribution is -2.00. The molecule has 0 aromatic carbocycles. The van der Waals surface area contributed by atoms with Crippen LogP contribution in [0.3, 0.4) is 0 Å². The van der Waals surface area contributed by atoms with Crippen molar-refractivity contribution in [3.05, 3.63) is 0 Å². The molecule has 1 aliphatic rings. The van der Waals surface area contributed by atoms with E-state index in [-0.39, 0.29) is 5.90 Å². The highest BCUT2D eigenvalue weighted by Gasteiger charge is 2.20. The summed E-state index contributed by atoms with van der Waals surface area (Å²) in [5.74, 6) is 0.114. The van der Waals surface area contributed by atoms with Gasteiger partial charge in [-0.3, -0.25) is 0 Å². The van der Waals surface area contributed by atoms with Crippen molar-refractivity contribution < 1.29 is 14.3 Å². The molecule has 0 aromatic heterocycles. The summed E-state index contributed by atoms with van der Waals surface area (Å²) in [7, 11) is -1.39. The Morgan fingerprint density at radius 1 is 1.58 bits per heavy atom. The molecule has 0 radical (unpaired) electrons. The summed E-state index contributed by atoms with van der Waals surface area (Å²) in [5.41, 5.74) is 0. The molecule has 0 amide bonds. The van der Waals surface area contributed by atoms with E-state index in [1.54, 1.807) is 0 Å². The van der Waals surface area contributed by atoms with Gasteiger partial charge in [-0.15, -0.1) is 0 Å². The Morgan fingerprint density at radius 3 is 2.50 bits per heavy atom. The molecule has 1 heterocycles. The van der Waals surface area contributed by atoms with Gasteiger partial charge in [0, 0.05) is 24.3 Å². The maximum Gasteiger partial charge on any atom is 0.376 e. The summed E-state index contributed by atoms with van der Waals surface area (Å²) >= 11 is 4.26. The predicted molar refractivity (Wildman–Crippen MR) is 55.2 cm³/mol. The first-order chi connectivity index (χ1) is 5.29. The number of rotatable bonds is 1. The smallest absolute Gasteiger partial charge is 0.376 e. The van der Waals surface area contributed by atoms with Crippen molar-refractivity contribution in [2.45, 2.75) is 0 Å². The van der Waals surface area contributed by atoms with E-state index in [0.29, 0.717) is 0 Å². The van der Waals surface area contributed by atoms with Crippen molar-refractivity contribution >= 4 is 41.0 Å². The fourth-order valence-corrected chi connectivity index (χ4v) is 2.14. The maximum atomic E-state index is 8.77. The van der Waals surface area contributed by atoms with E-state index in [0.717, 1.165) is 0 Å². The predicted octanol–water partition coefficient (Wildman–Crippen LogP) is 0.589. The molecule has 0 unspecified atom stereocenters. The van der Waals surface area contributed by atoms with Crippen LogP contribution in [-0.2, 0) is 16.3 Å². The summed E-state index contributed by atoms with van der Waals surface area (Å²) in [5, 5.41) is 0. The molecule has 0 spiro atoms. The molecule has 0 aliphatic carbocycles. The highest BCUT2D eigenvalue weighted by molar-refractivity contribution is 8.31. The molecule has 0 saturated carbocycles. The molecule has 0 atom stereocenters. The van der Waals surface area contributed by atoms with E-state index in [2.05, 4.69) is 25.1 Å². The van der Waals surface area contributed by atoms with Crippen LogP contribution in [-0.4, -0.2) is 34.4 Å². The topological polar surface area (TPSA) is 74.4 Å². The lowest BCUT2D eigenvalue weighted by Gasteiger charge is -2.14. The van der Waals surface area contributed by atoms with Gasteiger partial charge >= 0.3 is 6.72 Å². The largest absolute Gasteiger partial charge is 0.404 e. The van der Waals surface area contributed by atoms with E-state index in [4.69, 9.17) is 9.79 Å². The van der Waals surface area contributed by atoms with Crippen LogP contribution >= 0.6 is 17.1 Å². The lowest BCUT2D eigenvalue weighted by molar-refractivity contribution is 0.369. The molecule has 0 fully saturated rings. The Morgan fingerprint density at radius 2 is 2.17 bits per heavy atom. The summed E-state index contributed by atoms with van der Waals surface area (Å²) in [6, 6.07) is 0. The highest BCUT2D eigenvalue weighted by atomic mass is 32.5. The van der Waals surface area contributed by atoms with Gasteiger partial charge < -0.3 is 14.3 Å². The van der Waals surface area contributed by atoms with Gasteiger partial charge in [-0.05, 0) is 0 Å². The Balaban J connectivity index is 2.71. The molecule has 2 N–H and O–H groups in total. The second-order valence-corrected chi connectivity index (χ2v) is 7.89. The van der Waals surface area contributed by atoms with E-state index in [9.17, 15) is 0 Å². The summed E-state index contributed by atoms with van der Waals surface area (Å²) in [4.78, 5) is 17.5. The SMILES string of the molecule is CS1(C)N=CC(OP(O)(O)=S)=N1. The summed E-state index contributed by atoms with van der Waals surface area (Å²) < 4.78 is 12.6. The number of nitrogens with zero attached hydrogens (tertiary/aromatic N) is 2. The number of hydrogen-bond donors (Lipinski definition) is 2. The molecule has 12 heavy (non-hydrogen) atoms. The third-order valence-electron chi connectivity index (χ3n) is 0.947. The van der Waals surface area contributed by atoms with Gasteiger partial charge in [-0.1, -0.05) is 10.4 Å². The van der Waals surface area contributed by atoms with E-state index in [1.807, 2.05) is 12.5 Å². The molecule has 1 rings (SSSR count). The lowest BCUT2D eigenvalue weighted by atomic mass is 10.8. The Kier molecular flexibility index (Phi) is 2.60. The van der Waals surface area contributed by atoms with Crippen molar-refractivity contribution in [3.8, 4) is 0 Å². The van der Waals surface area contributed by atoms with Gasteiger partial charge in [-0.25, -0.2) is 4.40 Å². The van der Waals surface area contributed by atoms with Crippen molar-refractivity contribution in [2.24, 2.45) is 8.80 Å². The fourth-order valence-electron chi connectivity index (χ4n) is 0.603. The van der Waals surface area contributed by atoms with Gasteiger partial charge in [0.1, 0.15) is 0 Å². The van der Waals surface area contributed by atoms with Crippen LogP contribution < -0.4 is 0 Å². The van der Waals surface area contributed by atoms with Crippen LogP contribution in [0.15, 0.2) is 8.80 Å². The van der Waals surface area contributed by atoms with Crippen LogP contribution in [0.25, 0.3) is 0 Å². The summed E-state index contributed by atoms with van der Waals surface area (Å²) in [6.07, 6.45) is 5.05. The molecule has 70 valence electrons. The van der Waals surface area contributed by atoms with E-state index in [1.165, 1.54) is 6.21 Å². The zero-order chi connectivity index (χ0) is 9.41. The Hall–Kier alpha value is 0.0600. The third kappa shape index (κ3) is 3.20. The van der Waals surface area contributed by atoms with Crippen molar-refractivity contribution in [2.75, 3.05) is 12.5 Å². The van der Waals surface area contributed by atoms with Crippen LogP contribution in [0.4, 0.5) is 0 Å². The first kappa shape index (κ1) is 10.1. The molecule has 8 heteroatoms. The van der Waals surface area contributed by atoms with Crippen LogP contribution in [0.5, 0.6) is 0 Å². The minimum Gasteiger partial charge on any atom is -0.404 e. The van der Waals surface area contributed by atoms with Gasteiger partial charge in [0.25, 0.3) is 0 Å². The molecule has 0 aromatic rings. The quantitative estimate of drug-likeness (QED) is 0.644. The molecule has 0 saturated heterocycles. The van der Waals surface area contributed by atoms with Crippen molar-refractivity contribution in [1.29, 1.82) is 0 Å². The molecule has 1 aliphatic heterocycles. The third-order valence-corrected chi connectivity index (χ3v) is 2.84. The van der Waals surface area contributed by atoms with Crippen molar-refractivity contribution in [1.82, 2.24) is 0 Å². The second-order valence-electron chi connectivity index (χ2n) is 2.47. The van der Waals surface area contributed by atoms with Gasteiger partial charge in [0.05, 0.1) is 6.21 Å². The average Bonchev–Trinajstić information content (AvgIpc) is 2.05. The first-order valence-corrected chi connectivity index (χ1v) is 7.91. The second kappa shape index (κ2) is 3.08. The molecular weight excluding hydrogens is 219 g/mol. The monoisotopic (exact) mass is 228 g/mol. The van der Waals surface area contributed by atoms with Crippen LogP contribution in [0, 0.1) is 0 Å². The van der Waals surface area contributed by atoms with E-state index >= 15 is 0 Å². The summed E-state index contributed by atoms with van der Waals surface area (Å²) in [6.45, 7) is -3.65. The van der Waals surface area contributed by atoms with Crippen LogP contribution in [0.1, 0.15) is 0 Å². The average molecular weight is 228 g/mol. The first-order valence-electron chi connectivity index (χ1n) is 2.92. The van der Waals surface area contributed by atoms with Gasteiger partial charge in [0.15, 0.2) is 0 Å². The zero-order valence-electron chi connectivity index (χ0n) is 6.54. The fraction of sp³-hybridized carbons (Fsp3) is 0.500. The Bertz CT molecular complexity index is 295. The normalized spacial score (nSPS) is 23.5. The van der Waals surface area contributed by atoms with Crippen LogP contribution in [0.2, 0.25) is 0 Å².